The van der Waals surface area contributed by atoms with Gasteiger partial charge in [0, 0.05) is 49.5 Å². The Balaban J connectivity index is 1.62. The number of nitro groups is 2. The minimum absolute atomic E-state index is 0.101. The van der Waals surface area contributed by atoms with Gasteiger partial charge >= 0.3 is 0 Å². The van der Waals surface area contributed by atoms with Gasteiger partial charge in [-0.2, -0.15) is 0 Å². The number of likely N-dealkylation sites (tertiary alicyclic amines) is 1. The van der Waals surface area contributed by atoms with Crippen LogP contribution in [0.4, 0.5) is 11.4 Å². The third-order valence-corrected chi connectivity index (χ3v) is 6.64. The maximum Gasteiger partial charge on any atom is 0.269 e. The topological polar surface area (TPSA) is 127 Å². The van der Waals surface area contributed by atoms with Gasteiger partial charge in [0.15, 0.2) is 5.78 Å². The summed E-state index contributed by atoms with van der Waals surface area (Å²) < 4.78 is 0. The van der Waals surface area contributed by atoms with Gasteiger partial charge < -0.3 is 10.0 Å². The largest absolute Gasteiger partial charge is 0.384 e. The molecule has 1 aliphatic heterocycles. The Hall–Kier alpha value is -3.95. The molecule has 0 bridgehead atoms. The summed E-state index contributed by atoms with van der Waals surface area (Å²) in [6.07, 6.45) is 1.05. The van der Waals surface area contributed by atoms with Crippen LogP contribution >= 0.6 is 0 Å². The normalized spacial score (nSPS) is 20.3. The summed E-state index contributed by atoms with van der Waals surface area (Å²) in [6, 6.07) is 21.0. The minimum Gasteiger partial charge on any atom is -0.384 e. The molecule has 0 aromatic heterocycles. The van der Waals surface area contributed by atoms with Gasteiger partial charge in [-0.25, -0.2) is 0 Å². The monoisotopic (exact) mass is 475 g/mol. The third-order valence-electron chi connectivity index (χ3n) is 6.64. The molecule has 4 rings (SSSR count). The number of hydrogen-bond acceptors (Lipinski definition) is 7. The maximum atomic E-state index is 13.6. The number of nitro benzene ring substituents is 2. The fraction of sp³-hybridized carbons (Fsp3) is 0.269. The Morgan fingerprint density at radius 2 is 1.49 bits per heavy atom. The standard InChI is InChI=1S/C26H25N3O6/c30-25(20-6-10-22(11-7-20)28(32)33)24-18-27(16-14-19-4-2-1-3-5-19)17-15-26(24,31)21-8-12-23(13-9-21)29(34)35/h1-13,24,31H,14-18H2. The summed E-state index contributed by atoms with van der Waals surface area (Å²) in [7, 11) is 0. The molecule has 0 spiro atoms. The quantitative estimate of drug-likeness (QED) is 0.295. The summed E-state index contributed by atoms with van der Waals surface area (Å²) >= 11 is 0. The van der Waals surface area contributed by atoms with Gasteiger partial charge in [-0.15, -0.1) is 0 Å². The Morgan fingerprint density at radius 3 is 2.06 bits per heavy atom. The van der Waals surface area contributed by atoms with Crippen molar-refractivity contribution in [3.8, 4) is 0 Å². The number of Topliss-reactive ketones (excluding diaryl/α,β-unsaturated/α-hetero) is 1. The van der Waals surface area contributed by atoms with Crippen molar-refractivity contribution in [2.45, 2.75) is 18.4 Å². The number of non-ortho nitro benzene ring substituents is 2. The highest BCUT2D eigenvalue weighted by Crippen LogP contribution is 2.40. The molecule has 0 aliphatic carbocycles. The van der Waals surface area contributed by atoms with Crippen molar-refractivity contribution in [1.29, 1.82) is 0 Å². The van der Waals surface area contributed by atoms with E-state index in [9.17, 15) is 30.1 Å². The fourth-order valence-corrected chi connectivity index (χ4v) is 4.60. The number of nitrogens with zero attached hydrogens (tertiary/aromatic N) is 3. The van der Waals surface area contributed by atoms with Crippen molar-refractivity contribution in [2.75, 3.05) is 19.6 Å². The molecule has 2 unspecified atom stereocenters. The number of rotatable bonds is 8. The number of hydrogen-bond donors (Lipinski definition) is 1. The number of carbonyl (C=O) groups excluding carboxylic acids is 1. The van der Waals surface area contributed by atoms with E-state index in [2.05, 4.69) is 4.90 Å². The van der Waals surface area contributed by atoms with Gasteiger partial charge in [0.05, 0.1) is 15.8 Å². The number of aliphatic hydroxyl groups is 1. The zero-order chi connectivity index (χ0) is 25.0. The number of piperidine rings is 1. The molecule has 2 atom stereocenters. The lowest BCUT2D eigenvalue weighted by atomic mass is 9.72. The molecule has 35 heavy (non-hydrogen) atoms. The van der Waals surface area contributed by atoms with Crippen LogP contribution in [-0.2, 0) is 12.0 Å². The van der Waals surface area contributed by atoms with Crippen LogP contribution in [0.25, 0.3) is 0 Å². The Bertz CT molecular complexity index is 1210. The summed E-state index contributed by atoms with van der Waals surface area (Å²) in [5.41, 5.74) is 0.118. The predicted molar refractivity (Wildman–Crippen MR) is 129 cm³/mol. The highest BCUT2D eigenvalue weighted by molar-refractivity contribution is 5.99. The van der Waals surface area contributed by atoms with Gasteiger partial charge in [0.1, 0.15) is 5.60 Å². The van der Waals surface area contributed by atoms with Crippen LogP contribution in [0.1, 0.15) is 27.9 Å². The second-order valence-electron chi connectivity index (χ2n) is 8.74. The molecule has 1 fully saturated rings. The van der Waals surface area contributed by atoms with Crippen LogP contribution < -0.4 is 0 Å². The van der Waals surface area contributed by atoms with Gasteiger partial charge in [-0.3, -0.25) is 25.0 Å². The first kappa shape index (κ1) is 24.2. The van der Waals surface area contributed by atoms with E-state index in [1.807, 2.05) is 30.3 Å². The first-order valence-electron chi connectivity index (χ1n) is 11.3. The van der Waals surface area contributed by atoms with E-state index in [0.717, 1.165) is 6.42 Å². The maximum absolute atomic E-state index is 13.6. The smallest absolute Gasteiger partial charge is 0.269 e. The molecule has 9 heteroatoms. The van der Waals surface area contributed by atoms with Crippen molar-refractivity contribution >= 4 is 17.2 Å². The predicted octanol–water partition coefficient (Wildman–Crippen LogP) is 4.14. The summed E-state index contributed by atoms with van der Waals surface area (Å²) in [4.78, 5) is 36.7. The molecule has 9 nitrogen and oxygen atoms in total. The van der Waals surface area contributed by atoms with E-state index in [4.69, 9.17) is 0 Å². The van der Waals surface area contributed by atoms with Gasteiger partial charge in [0.25, 0.3) is 11.4 Å². The van der Waals surface area contributed by atoms with E-state index in [1.165, 1.54) is 54.1 Å². The van der Waals surface area contributed by atoms with Gasteiger partial charge in [-0.1, -0.05) is 30.3 Å². The lowest BCUT2D eigenvalue weighted by Crippen LogP contribution is -2.53. The zero-order valence-electron chi connectivity index (χ0n) is 18.9. The van der Waals surface area contributed by atoms with Crippen molar-refractivity contribution in [1.82, 2.24) is 4.90 Å². The number of ketones is 1. The van der Waals surface area contributed by atoms with Crippen molar-refractivity contribution < 1.29 is 19.7 Å². The third kappa shape index (κ3) is 5.26. The summed E-state index contributed by atoms with van der Waals surface area (Å²) in [6.45, 7) is 1.53. The molecule has 1 aliphatic rings. The molecule has 3 aromatic rings. The molecule has 0 amide bonds. The Morgan fingerprint density at radius 1 is 0.914 bits per heavy atom. The average Bonchev–Trinajstić information content (AvgIpc) is 2.88. The highest BCUT2D eigenvalue weighted by Gasteiger charge is 2.46. The number of carbonyl (C=O) groups is 1. The van der Waals surface area contributed by atoms with E-state index in [0.29, 0.717) is 18.7 Å². The van der Waals surface area contributed by atoms with Gasteiger partial charge in [-0.05, 0) is 48.2 Å². The first-order chi connectivity index (χ1) is 16.8. The van der Waals surface area contributed by atoms with E-state index < -0.39 is 21.4 Å². The SMILES string of the molecule is O=C(c1ccc([N+](=O)[O-])cc1)C1CN(CCc2ccccc2)CCC1(O)c1ccc([N+](=O)[O-])cc1. The molecule has 1 N–H and O–H groups in total. The Kier molecular flexibility index (Phi) is 6.99. The molecule has 0 radical (unpaired) electrons. The van der Waals surface area contributed by atoms with Crippen LogP contribution in [0, 0.1) is 26.1 Å². The molecule has 180 valence electrons. The van der Waals surface area contributed by atoms with Crippen molar-refractivity contribution in [3.05, 3.63) is 116 Å². The molecular weight excluding hydrogens is 450 g/mol. The van der Waals surface area contributed by atoms with E-state index in [-0.39, 0.29) is 35.7 Å². The van der Waals surface area contributed by atoms with Crippen LogP contribution in [0.3, 0.4) is 0 Å². The Labute approximate surface area is 201 Å². The molecule has 1 saturated heterocycles. The summed E-state index contributed by atoms with van der Waals surface area (Å²) in [5, 5.41) is 33.9. The molecule has 0 saturated carbocycles. The highest BCUT2D eigenvalue weighted by atomic mass is 16.6. The average molecular weight is 476 g/mol. The molecular formula is C26H25N3O6. The lowest BCUT2D eigenvalue weighted by Gasteiger charge is -2.44. The van der Waals surface area contributed by atoms with E-state index in [1.54, 1.807) is 0 Å². The number of benzene rings is 3. The second kappa shape index (κ2) is 10.1. The molecule has 3 aromatic carbocycles. The van der Waals surface area contributed by atoms with Crippen LogP contribution in [-0.4, -0.2) is 45.3 Å². The first-order valence-corrected chi connectivity index (χ1v) is 11.3. The van der Waals surface area contributed by atoms with E-state index >= 15 is 0 Å². The van der Waals surface area contributed by atoms with Crippen molar-refractivity contribution in [2.24, 2.45) is 5.92 Å². The summed E-state index contributed by atoms with van der Waals surface area (Å²) in [5.74, 6) is -1.18. The fourth-order valence-electron chi connectivity index (χ4n) is 4.60. The zero-order valence-corrected chi connectivity index (χ0v) is 18.9. The van der Waals surface area contributed by atoms with Crippen LogP contribution in [0.2, 0.25) is 0 Å². The van der Waals surface area contributed by atoms with Gasteiger partial charge in [0.2, 0.25) is 0 Å². The lowest BCUT2D eigenvalue weighted by molar-refractivity contribution is -0.385. The second-order valence-corrected chi connectivity index (χ2v) is 8.74. The van der Waals surface area contributed by atoms with Crippen LogP contribution in [0.5, 0.6) is 0 Å². The van der Waals surface area contributed by atoms with Crippen molar-refractivity contribution in [3.63, 3.8) is 0 Å². The minimum atomic E-state index is -1.53. The van der Waals surface area contributed by atoms with Crippen LogP contribution in [0.15, 0.2) is 78.9 Å². The molecule has 1 heterocycles.